The van der Waals surface area contributed by atoms with E-state index < -0.39 is 0 Å². The molecule has 1 aliphatic heterocycles. The average Bonchev–Trinajstić information content (AvgIpc) is 2.10. The largest absolute Gasteiger partial charge is 0.307 e. The zero-order valence-electron chi connectivity index (χ0n) is 11.5. The molecule has 1 saturated heterocycles. The first kappa shape index (κ1) is 14.1. The van der Waals surface area contributed by atoms with Gasteiger partial charge in [0, 0.05) is 28.0 Å². The van der Waals surface area contributed by atoms with E-state index in [1.54, 1.807) is 0 Å². The van der Waals surface area contributed by atoms with Crippen molar-refractivity contribution >= 4 is 12.0 Å². The summed E-state index contributed by atoms with van der Waals surface area (Å²) >= 11 is 1.43. The Morgan fingerprint density at radius 3 is 2.06 bits per heavy atom. The standard InChI is InChI=1S/C13H25NOS/c1-10(2)16-15-11-8-12(3,4)14(7)13(5,6)9-11/h11H,1,8-9H2,2-7H3. The van der Waals surface area contributed by atoms with Crippen molar-refractivity contribution in [1.29, 1.82) is 0 Å². The minimum Gasteiger partial charge on any atom is -0.307 e. The zero-order valence-corrected chi connectivity index (χ0v) is 12.3. The van der Waals surface area contributed by atoms with E-state index in [4.69, 9.17) is 4.18 Å². The molecule has 0 bridgehead atoms. The molecule has 0 atom stereocenters. The highest BCUT2D eigenvalue weighted by Gasteiger charge is 2.43. The molecular weight excluding hydrogens is 218 g/mol. The predicted octanol–water partition coefficient (Wildman–Crippen LogP) is 3.84. The Kier molecular flexibility index (Phi) is 4.14. The van der Waals surface area contributed by atoms with E-state index in [2.05, 4.69) is 46.2 Å². The minimum atomic E-state index is 0.196. The van der Waals surface area contributed by atoms with Crippen LogP contribution in [0.15, 0.2) is 11.5 Å². The van der Waals surface area contributed by atoms with Crippen LogP contribution in [0.1, 0.15) is 47.5 Å². The Hall–Kier alpha value is 0.01000. The van der Waals surface area contributed by atoms with Crippen LogP contribution < -0.4 is 0 Å². The third-order valence-corrected chi connectivity index (χ3v) is 4.25. The van der Waals surface area contributed by atoms with E-state index in [1.165, 1.54) is 12.0 Å². The summed E-state index contributed by atoms with van der Waals surface area (Å²) in [7, 11) is 2.21. The van der Waals surface area contributed by atoms with E-state index in [0.29, 0.717) is 6.10 Å². The van der Waals surface area contributed by atoms with Crippen molar-refractivity contribution in [3.8, 4) is 0 Å². The number of hydrogen-bond donors (Lipinski definition) is 0. The Bertz CT molecular complexity index is 255. The predicted molar refractivity (Wildman–Crippen MR) is 72.4 cm³/mol. The Balaban J connectivity index is 2.67. The second kappa shape index (κ2) is 4.71. The second-order valence-electron chi connectivity index (χ2n) is 6.10. The molecule has 0 aromatic rings. The van der Waals surface area contributed by atoms with Gasteiger partial charge in [-0.2, -0.15) is 0 Å². The molecule has 3 heteroatoms. The lowest BCUT2D eigenvalue weighted by Gasteiger charge is -2.53. The number of hydrogen-bond acceptors (Lipinski definition) is 3. The van der Waals surface area contributed by atoms with Crippen LogP contribution in [0.4, 0.5) is 0 Å². The fraction of sp³-hybridized carbons (Fsp3) is 0.846. The van der Waals surface area contributed by atoms with Gasteiger partial charge in [0.15, 0.2) is 0 Å². The van der Waals surface area contributed by atoms with Crippen LogP contribution in [0, 0.1) is 0 Å². The van der Waals surface area contributed by atoms with Crippen molar-refractivity contribution in [3.05, 3.63) is 11.5 Å². The van der Waals surface area contributed by atoms with Crippen LogP contribution in [0.25, 0.3) is 0 Å². The summed E-state index contributed by atoms with van der Waals surface area (Å²) in [6.07, 6.45) is 2.48. The van der Waals surface area contributed by atoms with E-state index in [-0.39, 0.29) is 11.1 Å². The van der Waals surface area contributed by atoms with Crippen molar-refractivity contribution in [2.75, 3.05) is 7.05 Å². The van der Waals surface area contributed by atoms with Crippen molar-refractivity contribution < 1.29 is 4.18 Å². The summed E-state index contributed by atoms with van der Waals surface area (Å²) in [6.45, 7) is 15.0. The van der Waals surface area contributed by atoms with Gasteiger partial charge in [-0.25, -0.2) is 0 Å². The summed E-state index contributed by atoms with van der Waals surface area (Å²) < 4.78 is 5.85. The van der Waals surface area contributed by atoms with Gasteiger partial charge in [0.2, 0.25) is 0 Å². The first-order chi connectivity index (χ1) is 7.15. The number of likely N-dealkylation sites (tertiary alicyclic amines) is 1. The second-order valence-corrected chi connectivity index (χ2v) is 7.15. The zero-order chi connectivity index (χ0) is 12.6. The molecule has 0 radical (unpaired) electrons. The van der Waals surface area contributed by atoms with Crippen LogP contribution in [-0.2, 0) is 4.18 Å². The van der Waals surface area contributed by atoms with Crippen LogP contribution in [0.3, 0.4) is 0 Å². The molecule has 1 rings (SSSR count). The number of nitrogens with zero attached hydrogens (tertiary/aromatic N) is 1. The van der Waals surface area contributed by atoms with E-state index in [1.807, 2.05) is 6.92 Å². The smallest absolute Gasteiger partial charge is 0.0761 e. The molecule has 1 heterocycles. The Labute approximate surface area is 105 Å². The summed E-state index contributed by atoms with van der Waals surface area (Å²) in [5.41, 5.74) is 0.393. The Morgan fingerprint density at radius 1 is 1.25 bits per heavy atom. The minimum absolute atomic E-state index is 0.196. The van der Waals surface area contributed by atoms with Gasteiger partial charge in [0.1, 0.15) is 0 Å². The molecular formula is C13H25NOS. The van der Waals surface area contributed by atoms with Crippen LogP contribution in [0.2, 0.25) is 0 Å². The van der Waals surface area contributed by atoms with E-state index in [9.17, 15) is 0 Å². The van der Waals surface area contributed by atoms with E-state index in [0.717, 1.165) is 17.7 Å². The first-order valence-corrected chi connectivity index (χ1v) is 6.62. The molecule has 0 aliphatic carbocycles. The van der Waals surface area contributed by atoms with Gasteiger partial charge >= 0.3 is 0 Å². The maximum absolute atomic E-state index is 5.85. The van der Waals surface area contributed by atoms with Gasteiger partial charge in [0.25, 0.3) is 0 Å². The molecule has 0 N–H and O–H groups in total. The molecule has 2 nitrogen and oxygen atoms in total. The fourth-order valence-corrected chi connectivity index (χ4v) is 2.93. The van der Waals surface area contributed by atoms with Crippen molar-refractivity contribution in [3.63, 3.8) is 0 Å². The number of piperidine rings is 1. The van der Waals surface area contributed by atoms with E-state index >= 15 is 0 Å². The van der Waals surface area contributed by atoms with Gasteiger partial charge < -0.3 is 4.18 Å². The maximum atomic E-state index is 5.85. The third kappa shape index (κ3) is 3.25. The van der Waals surface area contributed by atoms with Crippen molar-refractivity contribution in [1.82, 2.24) is 4.90 Å². The van der Waals surface area contributed by atoms with Gasteiger partial charge in [-0.15, -0.1) is 0 Å². The lowest BCUT2D eigenvalue weighted by atomic mass is 9.79. The first-order valence-electron chi connectivity index (χ1n) is 5.88. The maximum Gasteiger partial charge on any atom is 0.0761 e. The SMILES string of the molecule is C=C(C)SOC1CC(C)(C)N(C)C(C)(C)C1. The fourth-order valence-electron chi connectivity index (χ4n) is 2.50. The van der Waals surface area contributed by atoms with Gasteiger partial charge in [0.05, 0.1) is 6.10 Å². The summed E-state index contributed by atoms with van der Waals surface area (Å²) in [6, 6.07) is 0. The molecule has 0 amide bonds. The highest BCUT2D eigenvalue weighted by atomic mass is 32.2. The van der Waals surface area contributed by atoms with Gasteiger partial charge in [-0.05, 0) is 54.5 Å². The number of rotatable bonds is 3. The lowest BCUT2D eigenvalue weighted by Crippen LogP contribution is -2.60. The average molecular weight is 243 g/mol. The molecule has 1 aliphatic rings. The molecule has 0 aromatic carbocycles. The normalized spacial score (nSPS) is 25.6. The molecule has 0 unspecified atom stereocenters. The third-order valence-electron chi connectivity index (χ3n) is 3.60. The molecule has 0 aromatic heterocycles. The molecule has 16 heavy (non-hydrogen) atoms. The highest BCUT2D eigenvalue weighted by molar-refractivity contribution is 7.98. The Morgan fingerprint density at radius 2 is 1.69 bits per heavy atom. The summed E-state index contributed by atoms with van der Waals surface area (Å²) in [5, 5.41) is 0. The summed E-state index contributed by atoms with van der Waals surface area (Å²) in [4.78, 5) is 3.49. The van der Waals surface area contributed by atoms with Crippen LogP contribution in [0.5, 0.6) is 0 Å². The van der Waals surface area contributed by atoms with Gasteiger partial charge in [-0.3, -0.25) is 4.90 Å². The number of allylic oxidation sites excluding steroid dienone is 1. The molecule has 94 valence electrons. The summed E-state index contributed by atoms with van der Waals surface area (Å²) in [5.74, 6) is 0. The monoisotopic (exact) mass is 243 g/mol. The molecule has 0 spiro atoms. The highest BCUT2D eigenvalue weighted by Crippen LogP contribution is 2.39. The van der Waals surface area contributed by atoms with Crippen molar-refractivity contribution in [2.45, 2.75) is 64.6 Å². The van der Waals surface area contributed by atoms with Crippen LogP contribution >= 0.6 is 12.0 Å². The topological polar surface area (TPSA) is 12.5 Å². The van der Waals surface area contributed by atoms with Gasteiger partial charge in [-0.1, -0.05) is 6.58 Å². The quantitative estimate of drug-likeness (QED) is 0.699. The van der Waals surface area contributed by atoms with Crippen molar-refractivity contribution in [2.24, 2.45) is 0 Å². The lowest BCUT2D eigenvalue weighted by molar-refractivity contribution is -0.0504. The molecule has 0 saturated carbocycles. The van der Waals surface area contributed by atoms with Crippen LogP contribution in [-0.4, -0.2) is 29.1 Å². The molecule has 1 fully saturated rings.